The van der Waals surface area contributed by atoms with Gasteiger partial charge in [0.15, 0.2) is 12.7 Å². The minimum atomic E-state index is -1.00. The number of nitrogens with one attached hydrogen (secondary N) is 1. The van der Waals surface area contributed by atoms with Gasteiger partial charge >= 0.3 is 5.97 Å². The summed E-state index contributed by atoms with van der Waals surface area (Å²) < 4.78 is 10.5. The molecule has 7 heteroatoms. The summed E-state index contributed by atoms with van der Waals surface area (Å²) in [6.45, 7) is 3.04. The van der Waals surface area contributed by atoms with Gasteiger partial charge in [0.05, 0.1) is 10.7 Å². The van der Waals surface area contributed by atoms with Crippen molar-refractivity contribution in [3.63, 3.8) is 0 Å². The second-order valence-corrected chi connectivity index (χ2v) is 6.14. The lowest BCUT2D eigenvalue weighted by atomic mass is 10.2. The van der Waals surface area contributed by atoms with Crippen LogP contribution in [0.3, 0.4) is 0 Å². The Kier molecular flexibility index (Phi) is 6.67. The molecule has 0 heterocycles. The Morgan fingerprint density at radius 3 is 2.56 bits per heavy atom. The van der Waals surface area contributed by atoms with E-state index >= 15 is 0 Å². The molecule has 25 heavy (non-hydrogen) atoms. The molecule has 0 radical (unpaired) electrons. The average Bonchev–Trinajstić information content (AvgIpc) is 2.56. The number of esters is 1. The van der Waals surface area contributed by atoms with Gasteiger partial charge in [0.25, 0.3) is 5.91 Å². The van der Waals surface area contributed by atoms with E-state index in [1.165, 1.54) is 13.0 Å². The van der Waals surface area contributed by atoms with Crippen LogP contribution in [0.2, 0.25) is 10.0 Å². The highest BCUT2D eigenvalue weighted by atomic mass is 35.5. The molecule has 1 atom stereocenters. The van der Waals surface area contributed by atoms with E-state index in [1.54, 1.807) is 24.3 Å². The van der Waals surface area contributed by atoms with Gasteiger partial charge in [-0.15, -0.1) is 0 Å². The Bertz CT molecular complexity index is 779. The summed E-state index contributed by atoms with van der Waals surface area (Å²) in [6, 6.07) is 12.0. The lowest BCUT2D eigenvalue weighted by Gasteiger charge is -2.15. The number of amides is 1. The summed E-state index contributed by atoms with van der Waals surface area (Å²) in [4.78, 5) is 23.9. The molecule has 0 fully saturated rings. The predicted octanol–water partition coefficient (Wildman–Crippen LogP) is 4.25. The molecule has 2 rings (SSSR count). The molecule has 2 aromatic carbocycles. The first kappa shape index (κ1) is 19.1. The molecule has 0 saturated heterocycles. The number of aryl methyl sites for hydroxylation is 1. The van der Waals surface area contributed by atoms with Gasteiger partial charge in [-0.25, -0.2) is 4.79 Å². The second kappa shape index (κ2) is 8.74. The lowest BCUT2D eigenvalue weighted by molar-refractivity contribution is -0.155. The van der Waals surface area contributed by atoms with Crippen molar-refractivity contribution in [3.8, 4) is 5.75 Å². The first-order chi connectivity index (χ1) is 11.9. The molecular weight excluding hydrogens is 365 g/mol. The van der Waals surface area contributed by atoms with Gasteiger partial charge in [-0.3, -0.25) is 4.79 Å². The van der Waals surface area contributed by atoms with E-state index in [2.05, 4.69) is 5.32 Å². The van der Waals surface area contributed by atoms with Gasteiger partial charge in [-0.2, -0.15) is 0 Å². The molecule has 132 valence electrons. The van der Waals surface area contributed by atoms with Crippen molar-refractivity contribution in [2.24, 2.45) is 0 Å². The molecule has 0 saturated carbocycles. The predicted molar refractivity (Wildman–Crippen MR) is 97.3 cm³/mol. The maximum absolute atomic E-state index is 12.1. The van der Waals surface area contributed by atoms with Gasteiger partial charge in [0, 0.05) is 5.02 Å². The number of hydrogen-bond acceptors (Lipinski definition) is 4. The molecular formula is C18H17Cl2NO4. The maximum Gasteiger partial charge on any atom is 0.344 e. The van der Waals surface area contributed by atoms with Crippen molar-refractivity contribution in [1.29, 1.82) is 0 Å². The fourth-order valence-corrected chi connectivity index (χ4v) is 2.42. The number of carbonyl (C=O) groups is 2. The van der Waals surface area contributed by atoms with E-state index in [0.29, 0.717) is 21.5 Å². The molecule has 0 bridgehead atoms. The molecule has 0 unspecified atom stereocenters. The molecule has 0 aliphatic rings. The van der Waals surface area contributed by atoms with Crippen LogP contribution in [0.4, 0.5) is 5.69 Å². The third kappa shape index (κ3) is 5.66. The maximum atomic E-state index is 12.1. The van der Waals surface area contributed by atoms with Crippen molar-refractivity contribution in [3.05, 3.63) is 58.1 Å². The Labute approximate surface area is 155 Å². The van der Waals surface area contributed by atoms with Gasteiger partial charge < -0.3 is 14.8 Å². The Balaban J connectivity index is 1.85. The number of carbonyl (C=O) groups excluding carboxylic acids is 2. The van der Waals surface area contributed by atoms with E-state index < -0.39 is 18.0 Å². The Morgan fingerprint density at radius 1 is 1.16 bits per heavy atom. The zero-order valence-corrected chi connectivity index (χ0v) is 15.2. The molecule has 1 amide bonds. The number of halogens is 2. The van der Waals surface area contributed by atoms with Crippen LogP contribution in [0, 0.1) is 6.92 Å². The number of rotatable bonds is 6. The third-order valence-electron chi connectivity index (χ3n) is 3.31. The summed E-state index contributed by atoms with van der Waals surface area (Å²) in [7, 11) is 0. The van der Waals surface area contributed by atoms with E-state index in [4.69, 9.17) is 32.7 Å². The Hall–Kier alpha value is -2.24. The summed E-state index contributed by atoms with van der Waals surface area (Å²) in [6.07, 6.45) is -1.00. The standard InChI is InChI=1S/C18H17Cl2NO4/c1-11-5-3-4-6-16(11)24-10-17(22)25-12(2)18(23)21-15-8-7-13(19)9-14(15)20/h3-9,12H,10H2,1-2H3,(H,21,23)/t12-/m1/s1. The molecule has 0 aromatic heterocycles. The fourth-order valence-electron chi connectivity index (χ4n) is 1.96. The lowest BCUT2D eigenvalue weighted by Crippen LogP contribution is -2.31. The summed E-state index contributed by atoms with van der Waals surface area (Å²) in [5.74, 6) is -0.564. The topological polar surface area (TPSA) is 64.6 Å². The van der Waals surface area contributed by atoms with Gasteiger partial charge in [-0.05, 0) is 43.7 Å². The minimum absolute atomic E-state index is 0.288. The minimum Gasteiger partial charge on any atom is -0.482 e. The number of benzene rings is 2. The Morgan fingerprint density at radius 2 is 1.88 bits per heavy atom. The SMILES string of the molecule is Cc1ccccc1OCC(=O)O[C@H](C)C(=O)Nc1ccc(Cl)cc1Cl. The van der Waals surface area contributed by atoms with Crippen molar-refractivity contribution in [2.45, 2.75) is 20.0 Å². The highest BCUT2D eigenvalue weighted by molar-refractivity contribution is 6.36. The number of hydrogen-bond donors (Lipinski definition) is 1. The largest absolute Gasteiger partial charge is 0.482 e. The normalized spacial score (nSPS) is 11.5. The van der Waals surface area contributed by atoms with E-state index in [9.17, 15) is 9.59 Å². The molecule has 0 spiro atoms. The van der Waals surface area contributed by atoms with Gasteiger partial charge in [-0.1, -0.05) is 41.4 Å². The number of ether oxygens (including phenoxy) is 2. The highest BCUT2D eigenvalue weighted by Gasteiger charge is 2.19. The molecule has 5 nitrogen and oxygen atoms in total. The third-order valence-corrected chi connectivity index (χ3v) is 3.85. The zero-order valence-electron chi connectivity index (χ0n) is 13.7. The quantitative estimate of drug-likeness (QED) is 0.759. The van der Waals surface area contributed by atoms with Gasteiger partial charge in [0.2, 0.25) is 0 Å². The molecule has 2 aromatic rings. The molecule has 0 aliphatic carbocycles. The van der Waals surface area contributed by atoms with E-state index in [-0.39, 0.29) is 6.61 Å². The van der Waals surface area contributed by atoms with Crippen LogP contribution >= 0.6 is 23.2 Å². The number of anilines is 1. The van der Waals surface area contributed by atoms with Crippen LogP contribution in [0.15, 0.2) is 42.5 Å². The molecule has 1 N–H and O–H groups in total. The summed E-state index contributed by atoms with van der Waals surface area (Å²) >= 11 is 11.8. The van der Waals surface area contributed by atoms with Crippen LogP contribution in [-0.4, -0.2) is 24.6 Å². The smallest absolute Gasteiger partial charge is 0.344 e. The monoisotopic (exact) mass is 381 g/mol. The van der Waals surface area contributed by atoms with Crippen molar-refractivity contribution < 1.29 is 19.1 Å². The molecule has 0 aliphatic heterocycles. The fraction of sp³-hybridized carbons (Fsp3) is 0.222. The first-order valence-electron chi connectivity index (χ1n) is 7.50. The van der Waals surface area contributed by atoms with Crippen LogP contribution in [0.25, 0.3) is 0 Å². The van der Waals surface area contributed by atoms with Crippen LogP contribution < -0.4 is 10.1 Å². The van der Waals surface area contributed by atoms with Crippen LogP contribution in [0.1, 0.15) is 12.5 Å². The van der Waals surface area contributed by atoms with Gasteiger partial charge in [0.1, 0.15) is 5.75 Å². The number of para-hydroxylation sites is 1. The van der Waals surface area contributed by atoms with Crippen molar-refractivity contribution in [2.75, 3.05) is 11.9 Å². The first-order valence-corrected chi connectivity index (χ1v) is 8.26. The second-order valence-electron chi connectivity index (χ2n) is 5.30. The summed E-state index contributed by atoms with van der Waals surface area (Å²) in [5, 5.41) is 3.33. The van der Waals surface area contributed by atoms with E-state index in [0.717, 1.165) is 5.56 Å². The van der Waals surface area contributed by atoms with E-state index in [1.807, 2.05) is 19.1 Å². The highest BCUT2D eigenvalue weighted by Crippen LogP contribution is 2.25. The van der Waals surface area contributed by atoms with Crippen molar-refractivity contribution >= 4 is 40.8 Å². The zero-order chi connectivity index (χ0) is 18.4. The van der Waals surface area contributed by atoms with Crippen molar-refractivity contribution in [1.82, 2.24) is 0 Å². The van der Waals surface area contributed by atoms with Crippen LogP contribution in [0.5, 0.6) is 5.75 Å². The van der Waals surface area contributed by atoms with Crippen LogP contribution in [-0.2, 0) is 14.3 Å². The average molecular weight is 382 g/mol. The summed E-state index contributed by atoms with van der Waals surface area (Å²) in [5.41, 5.74) is 1.29.